The Balaban J connectivity index is 1.80. The summed E-state index contributed by atoms with van der Waals surface area (Å²) in [7, 11) is 0. The average molecular weight is 375 g/mol. The molecule has 1 heterocycles. The van der Waals surface area contributed by atoms with Crippen molar-refractivity contribution < 1.29 is 4.74 Å². The Labute approximate surface area is 156 Å². The number of para-hydroxylation sites is 2. The quantitative estimate of drug-likeness (QED) is 0.581. The van der Waals surface area contributed by atoms with Crippen molar-refractivity contribution in [3.8, 4) is 5.75 Å². The van der Waals surface area contributed by atoms with Crippen LogP contribution in [0.25, 0.3) is 0 Å². The highest BCUT2D eigenvalue weighted by molar-refractivity contribution is 6.35. The minimum absolute atomic E-state index is 0.428. The summed E-state index contributed by atoms with van der Waals surface area (Å²) in [4.78, 5) is 8.66. The normalized spacial score (nSPS) is 10.4. The molecular weight excluding hydrogens is 359 g/mol. The zero-order valence-electron chi connectivity index (χ0n) is 13.5. The number of hydrogen-bond acceptors (Lipinski definition) is 5. The lowest BCUT2D eigenvalue weighted by Crippen LogP contribution is -2.02. The van der Waals surface area contributed by atoms with Gasteiger partial charge < -0.3 is 15.4 Å². The Morgan fingerprint density at radius 1 is 1.00 bits per heavy atom. The summed E-state index contributed by atoms with van der Waals surface area (Å²) in [5, 5.41) is 7.40. The fourth-order valence-corrected chi connectivity index (χ4v) is 2.76. The van der Waals surface area contributed by atoms with Crippen LogP contribution in [-0.2, 0) is 0 Å². The lowest BCUT2D eigenvalue weighted by Gasteiger charge is -2.12. The zero-order valence-corrected chi connectivity index (χ0v) is 15.0. The van der Waals surface area contributed by atoms with E-state index in [1.54, 1.807) is 30.5 Å². The minimum atomic E-state index is 0.428. The van der Waals surface area contributed by atoms with Gasteiger partial charge in [0.1, 0.15) is 11.6 Å². The molecule has 3 aromatic rings. The maximum absolute atomic E-state index is 6.01. The van der Waals surface area contributed by atoms with Crippen molar-refractivity contribution in [1.29, 1.82) is 0 Å². The first-order chi connectivity index (χ1) is 12.1. The molecule has 1 aromatic heterocycles. The van der Waals surface area contributed by atoms with Crippen molar-refractivity contribution in [1.82, 2.24) is 9.97 Å². The second-order valence-corrected chi connectivity index (χ2v) is 5.98. The first-order valence-corrected chi connectivity index (χ1v) is 8.44. The summed E-state index contributed by atoms with van der Waals surface area (Å²) >= 11 is 12.0. The molecule has 25 heavy (non-hydrogen) atoms. The van der Waals surface area contributed by atoms with Gasteiger partial charge in [-0.15, -0.1) is 0 Å². The Bertz CT molecular complexity index is 853. The molecule has 0 atom stereocenters. The first kappa shape index (κ1) is 17.3. The molecule has 2 N–H and O–H groups in total. The van der Waals surface area contributed by atoms with Gasteiger partial charge in [-0.25, -0.2) is 4.98 Å². The fourth-order valence-electron chi connectivity index (χ4n) is 2.23. The smallest absolute Gasteiger partial charge is 0.229 e. The van der Waals surface area contributed by atoms with Gasteiger partial charge in [0, 0.05) is 21.9 Å². The third-order valence-electron chi connectivity index (χ3n) is 3.22. The molecule has 0 saturated heterocycles. The van der Waals surface area contributed by atoms with Crippen LogP contribution < -0.4 is 15.4 Å². The predicted octanol–water partition coefficient (Wildman–Crippen LogP) is 5.67. The molecule has 0 aliphatic rings. The molecule has 5 nitrogen and oxygen atoms in total. The number of nitrogens with one attached hydrogen (secondary N) is 2. The summed E-state index contributed by atoms with van der Waals surface area (Å²) in [6, 6.07) is 14.6. The van der Waals surface area contributed by atoms with E-state index in [0.29, 0.717) is 34.1 Å². The van der Waals surface area contributed by atoms with Crippen molar-refractivity contribution in [3.05, 3.63) is 64.8 Å². The molecule has 0 aliphatic heterocycles. The molecule has 0 spiro atoms. The van der Waals surface area contributed by atoms with Crippen molar-refractivity contribution >= 4 is 46.3 Å². The summed E-state index contributed by atoms with van der Waals surface area (Å²) in [5.41, 5.74) is 1.55. The van der Waals surface area contributed by atoms with Gasteiger partial charge in [0.2, 0.25) is 5.95 Å². The van der Waals surface area contributed by atoms with Gasteiger partial charge in [-0.05, 0) is 43.3 Å². The summed E-state index contributed by atoms with van der Waals surface area (Å²) in [5.74, 6) is 1.83. The lowest BCUT2D eigenvalue weighted by atomic mass is 10.3. The van der Waals surface area contributed by atoms with Crippen LogP contribution in [0.1, 0.15) is 6.92 Å². The highest BCUT2D eigenvalue weighted by Crippen LogP contribution is 2.28. The molecule has 0 fully saturated rings. The number of hydrogen-bond donors (Lipinski definition) is 2. The third kappa shape index (κ3) is 4.75. The average Bonchev–Trinajstić information content (AvgIpc) is 2.56. The fraction of sp³-hybridized carbons (Fsp3) is 0.111. The standard InChI is InChI=1S/C18H16Cl2N4O/c1-2-25-16-6-4-3-5-15(16)23-17-7-8-21-18(24-17)22-14-10-12(19)9-13(20)11-14/h3-11H,2H2,1H3,(H2,21,22,23,24). The molecule has 0 unspecified atom stereocenters. The van der Waals surface area contributed by atoms with E-state index < -0.39 is 0 Å². The van der Waals surface area contributed by atoms with E-state index in [1.165, 1.54) is 0 Å². The Morgan fingerprint density at radius 3 is 2.52 bits per heavy atom. The van der Waals surface area contributed by atoms with Crippen molar-refractivity contribution in [2.75, 3.05) is 17.2 Å². The van der Waals surface area contributed by atoms with Gasteiger partial charge >= 0.3 is 0 Å². The first-order valence-electron chi connectivity index (χ1n) is 7.69. The number of ether oxygens (including phenoxy) is 1. The molecule has 0 saturated carbocycles. The van der Waals surface area contributed by atoms with Gasteiger partial charge in [0.05, 0.1) is 12.3 Å². The van der Waals surface area contributed by atoms with Crippen LogP contribution >= 0.6 is 23.2 Å². The molecule has 0 radical (unpaired) electrons. The van der Waals surface area contributed by atoms with Crippen molar-refractivity contribution in [2.45, 2.75) is 6.92 Å². The van der Waals surface area contributed by atoms with E-state index in [0.717, 1.165) is 11.4 Å². The third-order valence-corrected chi connectivity index (χ3v) is 3.66. The maximum Gasteiger partial charge on any atom is 0.229 e. The van der Waals surface area contributed by atoms with Crippen LogP contribution in [0.15, 0.2) is 54.7 Å². The molecular formula is C18H16Cl2N4O. The Hall–Kier alpha value is -2.50. The monoisotopic (exact) mass is 374 g/mol. The van der Waals surface area contributed by atoms with E-state index >= 15 is 0 Å². The number of nitrogens with zero attached hydrogens (tertiary/aromatic N) is 2. The predicted molar refractivity (Wildman–Crippen MR) is 103 cm³/mol. The largest absolute Gasteiger partial charge is 0.492 e. The van der Waals surface area contributed by atoms with E-state index in [9.17, 15) is 0 Å². The van der Waals surface area contributed by atoms with Crippen LogP contribution in [0.2, 0.25) is 10.0 Å². The summed E-state index contributed by atoms with van der Waals surface area (Å²) in [6.45, 7) is 2.53. The number of aromatic nitrogens is 2. The summed E-state index contributed by atoms with van der Waals surface area (Å²) < 4.78 is 5.61. The topological polar surface area (TPSA) is 59.1 Å². The molecule has 0 aliphatic carbocycles. The van der Waals surface area contributed by atoms with E-state index in [2.05, 4.69) is 20.6 Å². The van der Waals surface area contributed by atoms with Gasteiger partial charge in [-0.2, -0.15) is 4.98 Å². The van der Waals surface area contributed by atoms with Crippen molar-refractivity contribution in [2.24, 2.45) is 0 Å². The van der Waals surface area contributed by atoms with Crippen molar-refractivity contribution in [3.63, 3.8) is 0 Å². The molecule has 3 rings (SSSR count). The van der Waals surface area contributed by atoms with Gasteiger partial charge in [0.15, 0.2) is 0 Å². The highest BCUT2D eigenvalue weighted by atomic mass is 35.5. The van der Waals surface area contributed by atoms with Crippen LogP contribution in [0.5, 0.6) is 5.75 Å². The van der Waals surface area contributed by atoms with Gasteiger partial charge in [0.25, 0.3) is 0 Å². The maximum atomic E-state index is 6.01. The number of rotatable bonds is 6. The van der Waals surface area contributed by atoms with Gasteiger partial charge in [-0.3, -0.25) is 0 Å². The second kappa shape index (κ2) is 8.05. The molecule has 0 amide bonds. The van der Waals surface area contributed by atoms with E-state index in [1.807, 2.05) is 31.2 Å². The minimum Gasteiger partial charge on any atom is -0.492 e. The lowest BCUT2D eigenvalue weighted by molar-refractivity contribution is 0.342. The second-order valence-electron chi connectivity index (χ2n) is 5.10. The summed E-state index contributed by atoms with van der Waals surface area (Å²) in [6.07, 6.45) is 1.66. The highest BCUT2D eigenvalue weighted by Gasteiger charge is 2.06. The molecule has 128 valence electrons. The molecule has 2 aromatic carbocycles. The molecule has 7 heteroatoms. The zero-order chi connectivity index (χ0) is 17.6. The SMILES string of the molecule is CCOc1ccccc1Nc1ccnc(Nc2cc(Cl)cc(Cl)c2)n1. The van der Waals surface area contributed by atoms with Crippen LogP contribution in [0.3, 0.4) is 0 Å². The number of benzene rings is 2. The van der Waals surface area contributed by atoms with Crippen LogP contribution in [0.4, 0.5) is 23.1 Å². The Morgan fingerprint density at radius 2 is 1.76 bits per heavy atom. The van der Waals surface area contributed by atoms with E-state index in [-0.39, 0.29) is 0 Å². The van der Waals surface area contributed by atoms with Crippen LogP contribution in [-0.4, -0.2) is 16.6 Å². The number of halogens is 2. The van der Waals surface area contributed by atoms with Crippen LogP contribution in [0, 0.1) is 0 Å². The Kier molecular flexibility index (Phi) is 5.58. The number of anilines is 4. The molecule has 0 bridgehead atoms. The van der Waals surface area contributed by atoms with E-state index in [4.69, 9.17) is 27.9 Å². The van der Waals surface area contributed by atoms with Gasteiger partial charge in [-0.1, -0.05) is 35.3 Å².